The Hall–Kier alpha value is -1.49. The summed E-state index contributed by atoms with van der Waals surface area (Å²) in [7, 11) is 1.81. The molecular formula is C18H26N2O2S. The van der Waals surface area contributed by atoms with E-state index in [1.807, 2.05) is 43.6 Å². The van der Waals surface area contributed by atoms with Crippen molar-refractivity contribution in [2.75, 3.05) is 19.1 Å². The molecule has 1 saturated heterocycles. The molecule has 2 rings (SSSR count). The van der Waals surface area contributed by atoms with Gasteiger partial charge in [0.05, 0.1) is 0 Å². The lowest BCUT2D eigenvalue weighted by Gasteiger charge is -2.39. The monoisotopic (exact) mass is 334 g/mol. The average Bonchev–Trinajstić information content (AvgIpc) is 2.77. The van der Waals surface area contributed by atoms with E-state index in [9.17, 15) is 9.59 Å². The number of benzene rings is 1. The lowest BCUT2D eigenvalue weighted by molar-refractivity contribution is -0.129. The van der Waals surface area contributed by atoms with Crippen LogP contribution in [0.4, 0.5) is 0 Å². The molecule has 2 atom stereocenters. The first-order valence-corrected chi connectivity index (χ1v) is 9.31. The van der Waals surface area contributed by atoms with Crippen molar-refractivity contribution >= 4 is 23.6 Å². The molecular weight excluding hydrogens is 308 g/mol. The standard InChI is InChI=1S/C18H26N2O2S/c1-18(2,3)17-19(4)16(22)14(11-12-23-5)20(17)15(21)13-9-7-6-8-10-13/h6-10,14,17H,11-12H2,1-5H3/t14-,17-/m0/s1. The molecule has 4 nitrogen and oxygen atoms in total. The van der Waals surface area contributed by atoms with Crippen molar-refractivity contribution in [3.8, 4) is 0 Å². The molecule has 126 valence electrons. The maximum absolute atomic E-state index is 13.1. The van der Waals surface area contributed by atoms with E-state index in [1.54, 1.807) is 21.6 Å². The summed E-state index contributed by atoms with van der Waals surface area (Å²) in [5.41, 5.74) is 0.433. The van der Waals surface area contributed by atoms with Gasteiger partial charge in [0, 0.05) is 18.0 Å². The zero-order chi connectivity index (χ0) is 17.2. The molecule has 0 spiro atoms. The summed E-state index contributed by atoms with van der Waals surface area (Å²) in [4.78, 5) is 29.4. The number of carbonyl (C=O) groups excluding carboxylic acids is 2. The third kappa shape index (κ3) is 3.55. The van der Waals surface area contributed by atoms with Gasteiger partial charge in [-0.2, -0.15) is 11.8 Å². The molecule has 23 heavy (non-hydrogen) atoms. The van der Waals surface area contributed by atoms with Crippen molar-refractivity contribution in [2.24, 2.45) is 5.41 Å². The highest BCUT2D eigenvalue weighted by atomic mass is 32.2. The molecule has 0 radical (unpaired) electrons. The molecule has 0 bridgehead atoms. The Balaban J connectivity index is 2.42. The molecule has 1 fully saturated rings. The number of likely N-dealkylation sites (N-methyl/N-ethyl adjacent to an activating group) is 1. The van der Waals surface area contributed by atoms with Crippen LogP contribution in [0.2, 0.25) is 0 Å². The molecule has 0 aliphatic carbocycles. The fourth-order valence-electron chi connectivity index (χ4n) is 3.30. The second-order valence-electron chi connectivity index (χ2n) is 7.06. The summed E-state index contributed by atoms with van der Waals surface area (Å²) in [6, 6.07) is 8.87. The second-order valence-corrected chi connectivity index (χ2v) is 8.05. The van der Waals surface area contributed by atoms with Crippen LogP contribution in [0, 0.1) is 5.41 Å². The summed E-state index contributed by atoms with van der Waals surface area (Å²) in [6.45, 7) is 6.22. The first-order chi connectivity index (χ1) is 10.8. The van der Waals surface area contributed by atoms with Crippen LogP contribution in [0.3, 0.4) is 0 Å². The topological polar surface area (TPSA) is 40.6 Å². The Morgan fingerprint density at radius 2 is 1.83 bits per heavy atom. The summed E-state index contributed by atoms with van der Waals surface area (Å²) < 4.78 is 0. The van der Waals surface area contributed by atoms with Gasteiger partial charge < -0.3 is 9.80 Å². The van der Waals surface area contributed by atoms with Gasteiger partial charge in [-0.1, -0.05) is 39.0 Å². The van der Waals surface area contributed by atoms with Gasteiger partial charge in [-0.05, 0) is 30.6 Å². The third-order valence-electron chi connectivity index (χ3n) is 4.22. The number of hydrogen-bond acceptors (Lipinski definition) is 3. The highest BCUT2D eigenvalue weighted by Gasteiger charge is 2.50. The van der Waals surface area contributed by atoms with Crippen molar-refractivity contribution in [1.29, 1.82) is 0 Å². The summed E-state index contributed by atoms with van der Waals surface area (Å²) in [6.07, 6.45) is 2.48. The number of hydrogen-bond donors (Lipinski definition) is 0. The molecule has 2 amide bonds. The van der Waals surface area contributed by atoms with E-state index in [4.69, 9.17) is 0 Å². The lowest BCUT2D eigenvalue weighted by Crippen LogP contribution is -2.50. The number of carbonyl (C=O) groups is 2. The maximum atomic E-state index is 13.1. The van der Waals surface area contributed by atoms with Crippen LogP contribution < -0.4 is 0 Å². The number of rotatable bonds is 4. The Morgan fingerprint density at radius 3 is 2.35 bits per heavy atom. The quantitative estimate of drug-likeness (QED) is 0.849. The van der Waals surface area contributed by atoms with Crippen molar-refractivity contribution in [3.63, 3.8) is 0 Å². The Labute approximate surface area is 143 Å². The lowest BCUT2D eigenvalue weighted by atomic mass is 9.90. The van der Waals surface area contributed by atoms with Crippen molar-refractivity contribution in [2.45, 2.75) is 39.4 Å². The molecule has 0 saturated carbocycles. The number of thioether (sulfide) groups is 1. The molecule has 1 aromatic rings. The van der Waals surface area contributed by atoms with Gasteiger partial charge in [-0.15, -0.1) is 0 Å². The number of amides is 2. The van der Waals surface area contributed by atoms with Crippen molar-refractivity contribution < 1.29 is 9.59 Å². The van der Waals surface area contributed by atoms with Crippen molar-refractivity contribution in [3.05, 3.63) is 35.9 Å². The second kappa shape index (κ2) is 6.95. The van der Waals surface area contributed by atoms with Gasteiger partial charge in [0.2, 0.25) is 5.91 Å². The largest absolute Gasteiger partial charge is 0.323 e. The van der Waals surface area contributed by atoms with E-state index in [0.717, 1.165) is 5.75 Å². The molecule has 0 unspecified atom stereocenters. The molecule has 1 aliphatic heterocycles. The molecule has 5 heteroatoms. The van der Waals surface area contributed by atoms with Gasteiger partial charge >= 0.3 is 0 Å². The fraction of sp³-hybridized carbons (Fsp3) is 0.556. The van der Waals surface area contributed by atoms with Crippen molar-refractivity contribution in [1.82, 2.24) is 9.80 Å². The predicted molar refractivity (Wildman–Crippen MR) is 95.4 cm³/mol. The van der Waals surface area contributed by atoms with Gasteiger partial charge in [0.15, 0.2) is 0 Å². The van der Waals surface area contributed by atoms with Crippen LogP contribution in [-0.2, 0) is 4.79 Å². The Kier molecular flexibility index (Phi) is 5.40. The molecule has 0 aromatic heterocycles. The first kappa shape index (κ1) is 17.9. The van der Waals surface area contributed by atoms with Gasteiger partial charge in [-0.3, -0.25) is 9.59 Å². The number of nitrogens with zero attached hydrogens (tertiary/aromatic N) is 2. The van der Waals surface area contributed by atoms with Crippen LogP contribution >= 0.6 is 11.8 Å². The highest BCUT2D eigenvalue weighted by molar-refractivity contribution is 7.98. The van der Waals surface area contributed by atoms with E-state index in [1.165, 1.54) is 0 Å². The highest BCUT2D eigenvalue weighted by Crippen LogP contribution is 2.36. The third-order valence-corrected chi connectivity index (χ3v) is 4.87. The zero-order valence-electron chi connectivity index (χ0n) is 14.6. The first-order valence-electron chi connectivity index (χ1n) is 7.92. The van der Waals surface area contributed by atoms with Crippen LogP contribution in [0.5, 0.6) is 0 Å². The van der Waals surface area contributed by atoms with Gasteiger partial charge in [-0.25, -0.2) is 0 Å². The fourth-order valence-corrected chi connectivity index (χ4v) is 3.76. The van der Waals surface area contributed by atoms with Gasteiger partial charge in [0.25, 0.3) is 5.91 Å². The Morgan fingerprint density at radius 1 is 1.22 bits per heavy atom. The van der Waals surface area contributed by atoms with E-state index in [-0.39, 0.29) is 29.4 Å². The minimum Gasteiger partial charge on any atom is -0.323 e. The summed E-state index contributed by atoms with van der Waals surface area (Å²) in [5.74, 6) is 0.845. The molecule has 0 N–H and O–H groups in total. The zero-order valence-corrected chi connectivity index (χ0v) is 15.4. The Bertz CT molecular complexity index is 568. The van der Waals surface area contributed by atoms with Crippen LogP contribution in [0.25, 0.3) is 0 Å². The normalized spacial score (nSPS) is 21.9. The molecule has 1 aliphatic rings. The SMILES string of the molecule is CSCC[C@H]1C(=O)N(C)[C@H](C(C)(C)C)N1C(=O)c1ccccc1. The maximum Gasteiger partial charge on any atom is 0.256 e. The van der Waals surface area contributed by atoms with Gasteiger partial charge in [0.1, 0.15) is 12.2 Å². The van der Waals surface area contributed by atoms with Crippen LogP contribution in [0.15, 0.2) is 30.3 Å². The predicted octanol–water partition coefficient (Wildman–Crippen LogP) is 3.09. The van der Waals surface area contributed by atoms with E-state index < -0.39 is 0 Å². The minimum absolute atomic E-state index is 0.0447. The van der Waals surface area contributed by atoms with Crippen LogP contribution in [0.1, 0.15) is 37.6 Å². The summed E-state index contributed by atoms with van der Waals surface area (Å²) >= 11 is 1.70. The smallest absolute Gasteiger partial charge is 0.256 e. The summed E-state index contributed by atoms with van der Waals surface area (Å²) in [5, 5.41) is 0. The molecule has 1 heterocycles. The average molecular weight is 334 g/mol. The van der Waals surface area contributed by atoms with E-state index >= 15 is 0 Å². The van der Waals surface area contributed by atoms with Crippen LogP contribution in [-0.4, -0.2) is 52.9 Å². The van der Waals surface area contributed by atoms with E-state index in [0.29, 0.717) is 12.0 Å². The minimum atomic E-state index is -0.371. The van der Waals surface area contributed by atoms with E-state index in [2.05, 4.69) is 20.8 Å². The molecule has 1 aromatic carbocycles.